The molecule has 0 aliphatic carbocycles. The third-order valence-electron chi connectivity index (χ3n) is 2.84. The van der Waals surface area contributed by atoms with Gasteiger partial charge in [-0.3, -0.25) is 0 Å². The van der Waals surface area contributed by atoms with E-state index in [1.54, 1.807) is 0 Å². The second kappa shape index (κ2) is 8.89. The predicted octanol–water partition coefficient (Wildman–Crippen LogP) is 1.79. The smallest absolute Gasteiger partial charge is 0.147 e. The summed E-state index contributed by atoms with van der Waals surface area (Å²) in [5.74, 6) is 1.61. The molecule has 21 heavy (non-hydrogen) atoms. The van der Waals surface area contributed by atoms with E-state index in [9.17, 15) is 8.42 Å². The van der Waals surface area contributed by atoms with Crippen LogP contribution in [0.15, 0.2) is 18.2 Å². The van der Waals surface area contributed by atoms with E-state index in [4.69, 9.17) is 15.2 Å². The number of sulfone groups is 1. The van der Waals surface area contributed by atoms with Crippen LogP contribution in [0.25, 0.3) is 0 Å². The first-order valence-electron chi connectivity index (χ1n) is 7.22. The van der Waals surface area contributed by atoms with Crippen molar-refractivity contribution in [2.45, 2.75) is 26.2 Å². The van der Waals surface area contributed by atoms with Gasteiger partial charge in [0.25, 0.3) is 0 Å². The topological polar surface area (TPSA) is 78.6 Å². The van der Waals surface area contributed by atoms with Crippen molar-refractivity contribution < 1.29 is 17.9 Å². The van der Waals surface area contributed by atoms with E-state index in [0.29, 0.717) is 26.2 Å². The molecule has 0 aromatic heterocycles. The molecule has 0 radical (unpaired) electrons. The van der Waals surface area contributed by atoms with Gasteiger partial charge in [0.15, 0.2) is 0 Å². The largest absolute Gasteiger partial charge is 0.493 e. The lowest BCUT2D eigenvalue weighted by molar-refractivity contribution is 0.299. The SMILES string of the molecule is CCCOc1ccc(CCN)c(OCCCS(C)(=O)=O)c1. The van der Waals surface area contributed by atoms with E-state index in [0.717, 1.165) is 29.9 Å². The van der Waals surface area contributed by atoms with Gasteiger partial charge in [-0.1, -0.05) is 13.0 Å². The predicted molar refractivity (Wildman–Crippen MR) is 84.8 cm³/mol. The number of nitrogens with two attached hydrogens (primary N) is 1. The fourth-order valence-corrected chi connectivity index (χ4v) is 2.49. The molecule has 0 unspecified atom stereocenters. The Hall–Kier alpha value is -1.27. The Morgan fingerprint density at radius 3 is 2.57 bits per heavy atom. The van der Waals surface area contributed by atoms with Crippen molar-refractivity contribution in [3.63, 3.8) is 0 Å². The van der Waals surface area contributed by atoms with Gasteiger partial charge in [0, 0.05) is 12.3 Å². The second-order valence-electron chi connectivity index (χ2n) is 4.99. The van der Waals surface area contributed by atoms with Crippen LogP contribution >= 0.6 is 0 Å². The van der Waals surface area contributed by atoms with Crippen LogP contribution in [0, 0.1) is 0 Å². The van der Waals surface area contributed by atoms with Crippen molar-refractivity contribution in [3.05, 3.63) is 23.8 Å². The molecular formula is C15H25NO4S. The first-order chi connectivity index (χ1) is 9.96. The summed E-state index contributed by atoms with van der Waals surface area (Å²) >= 11 is 0. The van der Waals surface area contributed by atoms with Crippen molar-refractivity contribution in [1.82, 2.24) is 0 Å². The van der Waals surface area contributed by atoms with E-state index in [1.807, 2.05) is 25.1 Å². The zero-order valence-corrected chi connectivity index (χ0v) is 13.6. The molecular weight excluding hydrogens is 290 g/mol. The van der Waals surface area contributed by atoms with Gasteiger partial charge in [0.1, 0.15) is 21.3 Å². The van der Waals surface area contributed by atoms with Crippen LogP contribution in [-0.2, 0) is 16.3 Å². The maximum absolute atomic E-state index is 11.1. The Morgan fingerprint density at radius 1 is 1.19 bits per heavy atom. The zero-order chi connectivity index (χ0) is 15.7. The first-order valence-corrected chi connectivity index (χ1v) is 9.28. The highest BCUT2D eigenvalue weighted by molar-refractivity contribution is 7.90. The number of hydrogen-bond donors (Lipinski definition) is 1. The van der Waals surface area contributed by atoms with Crippen molar-refractivity contribution >= 4 is 9.84 Å². The number of ether oxygens (including phenoxy) is 2. The van der Waals surface area contributed by atoms with E-state index in [1.165, 1.54) is 6.26 Å². The molecule has 6 heteroatoms. The number of rotatable bonds is 10. The summed E-state index contributed by atoms with van der Waals surface area (Å²) < 4.78 is 33.5. The van der Waals surface area contributed by atoms with Gasteiger partial charge in [0.05, 0.1) is 19.0 Å². The molecule has 0 saturated heterocycles. The first kappa shape index (κ1) is 17.8. The summed E-state index contributed by atoms with van der Waals surface area (Å²) in [6, 6.07) is 5.70. The molecule has 0 aliphatic rings. The van der Waals surface area contributed by atoms with Gasteiger partial charge in [-0.25, -0.2) is 8.42 Å². The third-order valence-corrected chi connectivity index (χ3v) is 3.87. The lowest BCUT2D eigenvalue weighted by Crippen LogP contribution is -2.10. The Bertz CT molecular complexity index is 528. The maximum Gasteiger partial charge on any atom is 0.147 e. The summed E-state index contributed by atoms with van der Waals surface area (Å²) in [4.78, 5) is 0. The zero-order valence-electron chi connectivity index (χ0n) is 12.8. The van der Waals surface area contributed by atoms with Gasteiger partial charge in [-0.2, -0.15) is 0 Å². The summed E-state index contributed by atoms with van der Waals surface area (Å²) in [5, 5.41) is 0. The Balaban J connectivity index is 2.66. The Morgan fingerprint density at radius 2 is 1.95 bits per heavy atom. The van der Waals surface area contributed by atoms with E-state index in [2.05, 4.69) is 0 Å². The molecule has 0 saturated carbocycles. The van der Waals surface area contributed by atoms with Crippen LogP contribution in [-0.4, -0.2) is 40.2 Å². The van der Waals surface area contributed by atoms with Crippen molar-refractivity contribution in [2.75, 3.05) is 31.8 Å². The van der Waals surface area contributed by atoms with E-state index in [-0.39, 0.29) is 5.75 Å². The molecule has 0 heterocycles. The average Bonchev–Trinajstić information content (AvgIpc) is 2.42. The quantitative estimate of drug-likeness (QED) is 0.666. The van der Waals surface area contributed by atoms with Crippen LogP contribution in [0.3, 0.4) is 0 Å². The van der Waals surface area contributed by atoms with Gasteiger partial charge in [0.2, 0.25) is 0 Å². The van der Waals surface area contributed by atoms with Gasteiger partial charge in [-0.05, 0) is 37.4 Å². The summed E-state index contributed by atoms with van der Waals surface area (Å²) in [6.45, 7) is 3.60. The molecule has 1 rings (SSSR count). The van der Waals surface area contributed by atoms with Crippen LogP contribution in [0.1, 0.15) is 25.3 Å². The lowest BCUT2D eigenvalue weighted by Gasteiger charge is -2.13. The molecule has 0 fully saturated rings. The highest BCUT2D eigenvalue weighted by Gasteiger charge is 2.07. The molecule has 0 spiro atoms. The van der Waals surface area contributed by atoms with Gasteiger partial charge < -0.3 is 15.2 Å². The molecule has 1 aromatic rings. The van der Waals surface area contributed by atoms with Crippen molar-refractivity contribution in [1.29, 1.82) is 0 Å². The molecule has 0 amide bonds. The monoisotopic (exact) mass is 315 g/mol. The molecule has 1 aromatic carbocycles. The molecule has 2 N–H and O–H groups in total. The van der Waals surface area contributed by atoms with Crippen molar-refractivity contribution in [2.24, 2.45) is 5.73 Å². The highest BCUT2D eigenvalue weighted by Crippen LogP contribution is 2.25. The van der Waals surface area contributed by atoms with E-state index < -0.39 is 9.84 Å². The second-order valence-corrected chi connectivity index (χ2v) is 7.25. The van der Waals surface area contributed by atoms with Crippen LogP contribution in [0.5, 0.6) is 11.5 Å². The van der Waals surface area contributed by atoms with E-state index >= 15 is 0 Å². The van der Waals surface area contributed by atoms with Crippen LogP contribution in [0.4, 0.5) is 0 Å². The Labute approximate surface area is 127 Å². The van der Waals surface area contributed by atoms with Gasteiger partial charge >= 0.3 is 0 Å². The highest BCUT2D eigenvalue weighted by atomic mass is 32.2. The summed E-state index contributed by atoms with van der Waals surface area (Å²) in [6.07, 6.45) is 3.36. The van der Waals surface area contributed by atoms with Gasteiger partial charge in [-0.15, -0.1) is 0 Å². The number of hydrogen-bond acceptors (Lipinski definition) is 5. The standard InChI is InChI=1S/C15H25NO4S/c1-3-9-19-14-6-5-13(7-8-16)15(12-14)20-10-4-11-21(2,17)18/h5-6,12H,3-4,7-11,16H2,1-2H3. The van der Waals surface area contributed by atoms with Crippen LogP contribution in [0.2, 0.25) is 0 Å². The fraction of sp³-hybridized carbons (Fsp3) is 0.600. The minimum Gasteiger partial charge on any atom is -0.493 e. The van der Waals surface area contributed by atoms with Crippen LogP contribution < -0.4 is 15.2 Å². The molecule has 0 atom stereocenters. The Kier molecular flexibility index (Phi) is 7.53. The third kappa shape index (κ3) is 7.34. The maximum atomic E-state index is 11.1. The molecule has 5 nitrogen and oxygen atoms in total. The summed E-state index contributed by atoms with van der Waals surface area (Å²) in [7, 11) is -2.94. The number of benzene rings is 1. The molecule has 0 bridgehead atoms. The van der Waals surface area contributed by atoms with Crippen molar-refractivity contribution in [3.8, 4) is 11.5 Å². The minimum atomic E-state index is -2.94. The average molecular weight is 315 g/mol. The fourth-order valence-electron chi connectivity index (χ4n) is 1.84. The lowest BCUT2D eigenvalue weighted by atomic mass is 10.1. The normalized spacial score (nSPS) is 11.4. The minimum absolute atomic E-state index is 0.130. The molecule has 0 aliphatic heterocycles. The molecule has 120 valence electrons. The summed E-state index contributed by atoms with van der Waals surface area (Å²) in [5.41, 5.74) is 6.61.